The molecule has 0 radical (unpaired) electrons. The number of ether oxygens (including phenoxy) is 1. The van der Waals surface area contributed by atoms with Crippen LogP contribution in [0, 0.1) is 16.7 Å². The van der Waals surface area contributed by atoms with Gasteiger partial charge in [0.15, 0.2) is 0 Å². The fourth-order valence-corrected chi connectivity index (χ4v) is 2.57. The van der Waals surface area contributed by atoms with Crippen LogP contribution in [0.3, 0.4) is 0 Å². The Bertz CT molecular complexity index is 504. The molecule has 1 N–H and O–H groups in total. The van der Waals surface area contributed by atoms with Gasteiger partial charge in [-0.3, -0.25) is 4.79 Å². The predicted octanol–water partition coefficient (Wildman–Crippen LogP) is 1.33. The Morgan fingerprint density at radius 1 is 1.33 bits per heavy atom. The zero-order valence-corrected chi connectivity index (χ0v) is 12.0. The summed E-state index contributed by atoms with van der Waals surface area (Å²) in [7, 11) is 0. The van der Waals surface area contributed by atoms with Gasteiger partial charge in [0.25, 0.3) is 0 Å². The molecule has 5 heteroatoms. The van der Waals surface area contributed by atoms with Gasteiger partial charge in [0, 0.05) is 26.3 Å². The fraction of sp³-hybridized carbons (Fsp3) is 0.500. The van der Waals surface area contributed by atoms with E-state index in [9.17, 15) is 15.2 Å². The van der Waals surface area contributed by atoms with Crippen LogP contribution in [0.25, 0.3) is 0 Å². The molecule has 1 aromatic carbocycles. The lowest BCUT2D eigenvalue weighted by atomic mass is 9.80. The van der Waals surface area contributed by atoms with Crippen molar-refractivity contribution >= 4 is 5.91 Å². The Labute approximate surface area is 124 Å². The second kappa shape index (κ2) is 7.21. The third-order valence-corrected chi connectivity index (χ3v) is 3.84. The molecule has 1 heterocycles. The maximum atomic E-state index is 12.8. The smallest absolute Gasteiger partial charge is 0.243 e. The number of carbonyl (C=O) groups is 1. The number of hydrogen-bond acceptors (Lipinski definition) is 4. The second-order valence-corrected chi connectivity index (χ2v) is 5.24. The van der Waals surface area contributed by atoms with Crippen molar-refractivity contribution in [3.8, 4) is 6.07 Å². The van der Waals surface area contributed by atoms with Crippen LogP contribution >= 0.6 is 0 Å². The van der Waals surface area contributed by atoms with E-state index in [1.54, 1.807) is 4.90 Å². The highest BCUT2D eigenvalue weighted by molar-refractivity contribution is 5.85. The summed E-state index contributed by atoms with van der Waals surface area (Å²) in [6.07, 6.45) is 0.831. The molecule has 1 amide bonds. The van der Waals surface area contributed by atoms with E-state index in [0.717, 1.165) is 5.56 Å². The number of benzene rings is 1. The summed E-state index contributed by atoms with van der Waals surface area (Å²) >= 11 is 0. The number of aliphatic hydroxyl groups excluding tert-OH is 1. The van der Waals surface area contributed by atoms with Crippen molar-refractivity contribution < 1.29 is 14.6 Å². The van der Waals surface area contributed by atoms with Crippen LogP contribution in [0.5, 0.6) is 0 Å². The van der Waals surface area contributed by atoms with Crippen LogP contribution in [-0.4, -0.2) is 42.3 Å². The Balaban J connectivity index is 2.16. The Hall–Kier alpha value is -1.90. The lowest BCUT2D eigenvalue weighted by Crippen LogP contribution is -2.46. The van der Waals surface area contributed by atoms with Crippen LogP contribution in [-0.2, 0) is 16.1 Å². The highest BCUT2D eigenvalue weighted by Gasteiger charge is 2.42. The molecule has 0 aliphatic carbocycles. The van der Waals surface area contributed by atoms with E-state index < -0.39 is 5.41 Å². The third-order valence-electron chi connectivity index (χ3n) is 3.84. The molecule has 1 aliphatic heterocycles. The average Bonchev–Trinajstić information content (AvgIpc) is 2.55. The number of rotatable bonds is 5. The van der Waals surface area contributed by atoms with Crippen LogP contribution in [0.15, 0.2) is 30.3 Å². The van der Waals surface area contributed by atoms with Crippen molar-refractivity contribution in [2.45, 2.75) is 19.4 Å². The van der Waals surface area contributed by atoms with Crippen LogP contribution in [0.4, 0.5) is 0 Å². The summed E-state index contributed by atoms with van der Waals surface area (Å²) in [5.74, 6) is -0.203. The van der Waals surface area contributed by atoms with E-state index in [1.165, 1.54) is 0 Å². The summed E-state index contributed by atoms with van der Waals surface area (Å²) < 4.78 is 5.26. The first-order chi connectivity index (χ1) is 10.2. The zero-order chi connectivity index (χ0) is 15.1. The molecule has 1 aromatic rings. The lowest BCUT2D eigenvalue weighted by molar-refractivity contribution is -0.144. The number of nitrogens with zero attached hydrogens (tertiary/aromatic N) is 2. The predicted molar refractivity (Wildman–Crippen MR) is 77.0 cm³/mol. The van der Waals surface area contributed by atoms with Crippen molar-refractivity contribution in [2.24, 2.45) is 5.41 Å². The lowest BCUT2D eigenvalue weighted by Gasteiger charge is -2.34. The Morgan fingerprint density at radius 3 is 2.57 bits per heavy atom. The monoisotopic (exact) mass is 288 g/mol. The maximum Gasteiger partial charge on any atom is 0.243 e. The van der Waals surface area contributed by atoms with E-state index >= 15 is 0 Å². The van der Waals surface area contributed by atoms with Gasteiger partial charge in [0.2, 0.25) is 5.91 Å². The van der Waals surface area contributed by atoms with Crippen LogP contribution < -0.4 is 0 Å². The minimum atomic E-state index is -1.01. The molecule has 0 bridgehead atoms. The van der Waals surface area contributed by atoms with Gasteiger partial charge in [-0.1, -0.05) is 30.3 Å². The van der Waals surface area contributed by atoms with Gasteiger partial charge >= 0.3 is 0 Å². The first-order valence-corrected chi connectivity index (χ1v) is 7.15. The van der Waals surface area contributed by atoms with Crippen molar-refractivity contribution in [2.75, 3.05) is 26.4 Å². The summed E-state index contributed by atoms with van der Waals surface area (Å²) in [5.41, 5.74) is -0.0261. The summed E-state index contributed by atoms with van der Waals surface area (Å²) in [5, 5.41) is 18.7. The SMILES string of the molecule is N#CC1(C(=O)N(CCO)Cc2ccccc2)CCOCC1. The number of aliphatic hydroxyl groups is 1. The summed E-state index contributed by atoms with van der Waals surface area (Å²) in [4.78, 5) is 14.4. The van der Waals surface area contributed by atoms with Gasteiger partial charge in [0.1, 0.15) is 5.41 Å². The Kier molecular flexibility index (Phi) is 5.32. The van der Waals surface area contributed by atoms with Crippen LogP contribution in [0.1, 0.15) is 18.4 Å². The first kappa shape index (κ1) is 15.5. The van der Waals surface area contributed by atoms with Crippen LogP contribution in [0.2, 0.25) is 0 Å². The molecular formula is C16H20N2O3. The molecule has 0 aromatic heterocycles. The number of nitriles is 1. The average molecular weight is 288 g/mol. The van der Waals surface area contributed by atoms with Gasteiger partial charge in [-0.25, -0.2) is 0 Å². The molecule has 1 fully saturated rings. The quantitative estimate of drug-likeness (QED) is 0.887. The van der Waals surface area contributed by atoms with Crippen molar-refractivity contribution in [1.82, 2.24) is 4.90 Å². The van der Waals surface area contributed by atoms with Crippen molar-refractivity contribution in [3.05, 3.63) is 35.9 Å². The van der Waals surface area contributed by atoms with Gasteiger partial charge in [0.05, 0.1) is 12.7 Å². The summed E-state index contributed by atoms with van der Waals surface area (Å²) in [6.45, 7) is 1.38. The van der Waals surface area contributed by atoms with Gasteiger partial charge in [-0.15, -0.1) is 0 Å². The number of amides is 1. The zero-order valence-electron chi connectivity index (χ0n) is 12.0. The normalized spacial score (nSPS) is 17.0. The van der Waals surface area contributed by atoms with E-state index in [4.69, 9.17) is 4.74 Å². The standard InChI is InChI=1S/C16H20N2O3/c17-13-16(6-10-21-11-7-16)15(20)18(8-9-19)12-14-4-2-1-3-5-14/h1-5,19H,6-12H2. The molecule has 1 saturated heterocycles. The molecular weight excluding hydrogens is 268 g/mol. The molecule has 2 rings (SSSR count). The molecule has 21 heavy (non-hydrogen) atoms. The molecule has 0 unspecified atom stereocenters. The van der Waals surface area contributed by atoms with E-state index in [-0.39, 0.29) is 19.1 Å². The van der Waals surface area contributed by atoms with E-state index in [0.29, 0.717) is 32.6 Å². The molecule has 0 atom stereocenters. The molecule has 112 valence electrons. The fourth-order valence-electron chi connectivity index (χ4n) is 2.57. The van der Waals surface area contributed by atoms with Gasteiger partial charge in [-0.2, -0.15) is 5.26 Å². The minimum absolute atomic E-state index is 0.115. The van der Waals surface area contributed by atoms with Gasteiger partial charge in [-0.05, 0) is 18.4 Å². The van der Waals surface area contributed by atoms with Crippen molar-refractivity contribution in [1.29, 1.82) is 5.26 Å². The van der Waals surface area contributed by atoms with E-state index in [2.05, 4.69) is 6.07 Å². The highest BCUT2D eigenvalue weighted by atomic mass is 16.5. The maximum absolute atomic E-state index is 12.8. The van der Waals surface area contributed by atoms with E-state index in [1.807, 2.05) is 30.3 Å². The topological polar surface area (TPSA) is 73.6 Å². The molecule has 1 aliphatic rings. The second-order valence-electron chi connectivity index (χ2n) is 5.24. The molecule has 5 nitrogen and oxygen atoms in total. The Morgan fingerprint density at radius 2 is 2.00 bits per heavy atom. The largest absolute Gasteiger partial charge is 0.395 e. The molecule has 0 spiro atoms. The number of carbonyl (C=O) groups excluding carboxylic acids is 1. The number of hydrogen-bond donors (Lipinski definition) is 1. The van der Waals surface area contributed by atoms with Crippen molar-refractivity contribution in [3.63, 3.8) is 0 Å². The minimum Gasteiger partial charge on any atom is -0.395 e. The highest BCUT2D eigenvalue weighted by Crippen LogP contribution is 2.32. The third kappa shape index (κ3) is 3.60. The summed E-state index contributed by atoms with van der Waals surface area (Å²) in [6, 6.07) is 11.8. The van der Waals surface area contributed by atoms with Gasteiger partial charge < -0.3 is 14.7 Å². The first-order valence-electron chi connectivity index (χ1n) is 7.15. The molecule has 0 saturated carbocycles.